The van der Waals surface area contributed by atoms with Crippen molar-refractivity contribution in [3.8, 4) is 0 Å². The van der Waals surface area contributed by atoms with Gasteiger partial charge < -0.3 is 10.2 Å². The van der Waals surface area contributed by atoms with Crippen LogP contribution in [0.15, 0.2) is 12.2 Å². The molecule has 0 aromatic carbocycles. The first-order valence-corrected chi connectivity index (χ1v) is 7.57. The number of fused-ring (bicyclic) bond motifs is 1. The molecule has 2 saturated carbocycles. The molecule has 1 aliphatic heterocycles. The Morgan fingerprint density at radius 3 is 2.59 bits per heavy atom. The minimum Gasteiger partial charge on any atom is -0.311 e. The number of hydrogen-bond acceptors (Lipinski definition) is 2. The van der Waals surface area contributed by atoms with E-state index in [1.807, 2.05) is 0 Å². The van der Waals surface area contributed by atoms with Gasteiger partial charge in [-0.2, -0.15) is 0 Å². The molecule has 1 N–H and O–H groups in total. The van der Waals surface area contributed by atoms with E-state index in [1.165, 1.54) is 51.6 Å². The third-order valence-corrected chi connectivity index (χ3v) is 5.41. The molecule has 0 aromatic heterocycles. The van der Waals surface area contributed by atoms with Crippen molar-refractivity contribution in [3.05, 3.63) is 12.2 Å². The molecule has 3 atom stereocenters. The van der Waals surface area contributed by atoms with Crippen LogP contribution in [0.3, 0.4) is 0 Å². The van der Waals surface area contributed by atoms with Crippen LogP contribution in [-0.4, -0.2) is 36.1 Å². The zero-order valence-electron chi connectivity index (χ0n) is 10.6. The molecule has 0 radical (unpaired) electrons. The van der Waals surface area contributed by atoms with Crippen LogP contribution in [0.5, 0.6) is 0 Å². The van der Waals surface area contributed by atoms with Crippen molar-refractivity contribution in [3.63, 3.8) is 0 Å². The molecule has 17 heavy (non-hydrogen) atoms. The monoisotopic (exact) mass is 232 g/mol. The highest BCUT2D eigenvalue weighted by Gasteiger charge is 2.42. The number of nitrogens with zero attached hydrogens (tertiary/aromatic N) is 1. The Morgan fingerprint density at radius 2 is 1.88 bits per heavy atom. The van der Waals surface area contributed by atoms with Gasteiger partial charge in [0.1, 0.15) is 0 Å². The van der Waals surface area contributed by atoms with Crippen molar-refractivity contribution >= 4 is 0 Å². The van der Waals surface area contributed by atoms with Gasteiger partial charge in [0.05, 0.1) is 0 Å². The highest BCUT2D eigenvalue weighted by Crippen LogP contribution is 2.43. The number of hydrogen-bond donors (Lipinski definition) is 1. The van der Waals surface area contributed by atoms with Crippen LogP contribution in [0.25, 0.3) is 0 Å². The van der Waals surface area contributed by atoms with Crippen molar-refractivity contribution in [2.45, 2.75) is 56.7 Å². The minimum absolute atomic E-state index is 0.810. The average molecular weight is 232 g/mol. The summed E-state index contributed by atoms with van der Waals surface area (Å²) in [6.45, 7) is 2.69. The fourth-order valence-corrected chi connectivity index (χ4v) is 4.08. The zero-order chi connectivity index (χ0) is 11.2. The fraction of sp³-hybridized carbons (Fsp3) is 0.867. The van der Waals surface area contributed by atoms with Crippen molar-refractivity contribution in [2.24, 2.45) is 11.8 Å². The molecule has 1 saturated heterocycles. The molecule has 0 aromatic rings. The quantitative estimate of drug-likeness (QED) is 0.750. The van der Waals surface area contributed by atoms with Crippen LogP contribution in [0.2, 0.25) is 0 Å². The molecule has 4 rings (SSSR count). The van der Waals surface area contributed by atoms with Crippen LogP contribution >= 0.6 is 0 Å². The van der Waals surface area contributed by atoms with Crippen LogP contribution in [-0.2, 0) is 0 Å². The first-order chi connectivity index (χ1) is 8.40. The topological polar surface area (TPSA) is 15.3 Å². The molecule has 3 unspecified atom stereocenters. The third kappa shape index (κ3) is 1.96. The lowest BCUT2D eigenvalue weighted by molar-refractivity contribution is 0.120. The van der Waals surface area contributed by atoms with Crippen molar-refractivity contribution in [1.29, 1.82) is 0 Å². The molecular weight excluding hydrogens is 208 g/mol. The highest BCUT2D eigenvalue weighted by molar-refractivity contribution is 5.13. The highest BCUT2D eigenvalue weighted by atomic mass is 15.2. The molecule has 94 valence electrons. The lowest BCUT2D eigenvalue weighted by Crippen LogP contribution is -2.54. The van der Waals surface area contributed by atoms with Crippen LogP contribution in [0.4, 0.5) is 0 Å². The first kappa shape index (κ1) is 10.6. The van der Waals surface area contributed by atoms with Gasteiger partial charge in [0.2, 0.25) is 0 Å². The lowest BCUT2D eigenvalue weighted by atomic mass is 9.71. The molecule has 3 aliphatic carbocycles. The third-order valence-electron chi connectivity index (χ3n) is 5.41. The first-order valence-electron chi connectivity index (χ1n) is 7.57. The van der Waals surface area contributed by atoms with Crippen molar-refractivity contribution < 1.29 is 0 Å². The van der Waals surface area contributed by atoms with Crippen molar-refractivity contribution in [2.75, 3.05) is 13.1 Å². The van der Waals surface area contributed by atoms with Gasteiger partial charge in [0.25, 0.3) is 0 Å². The smallest absolute Gasteiger partial charge is 0.0138 e. The van der Waals surface area contributed by atoms with E-state index in [-0.39, 0.29) is 0 Å². The SMILES string of the molecule is C1=CC2C(C1)CC2NC1CCN(C2CC2)CC1. The van der Waals surface area contributed by atoms with Gasteiger partial charge in [-0.15, -0.1) is 0 Å². The van der Waals surface area contributed by atoms with Gasteiger partial charge in [-0.05, 0) is 63.5 Å². The number of nitrogens with one attached hydrogen (secondary N) is 1. The summed E-state index contributed by atoms with van der Waals surface area (Å²) in [4.78, 5) is 2.72. The average Bonchev–Trinajstić information content (AvgIpc) is 3.11. The van der Waals surface area contributed by atoms with Gasteiger partial charge in [0, 0.05) is 18.1 Å². The molecule has 0 bridgehead atoms. The number of rotatable bonds is 3. The maximum atomic E-state index is 3.93. The summed E-state index contributed by atoms with van der Waals surface area (Å²) in [5.74, 6) is 1.88. The molecule has 0 spiro atoms. The Labute approximate surface area is 104 Å². The van der Waals surface area contributed by atoms with E-state index < -0.39 is 0 Å². The minimum atomic E-state index is 0.810. The molecule has 4 aliphatic rings. The Balaban J connectivity index is 1.26. The standard InChI is InChI=1S/C15H24N2/c1-2-11-10-15(14(11)3-1)16-12-6-8-17(9-7-12)13-4-5-13/h1,3,11-16H,2,4-10H2. The van der Waals surface area contributed by atoms with E-state index in [9.17, 15) is 0 Å². The Kier molecular flexibility index (Phi) is 2.55. The van der Waals surface area contributed by atoms with E-state index >= 15 is 0 Å². The maximum absolute atomic E-state index is 3.93. The van der Waals surface area contributed by atoms with E-state index in [0.29, 0.717) is 0 Å². The lowest BCUT2D eigenvalue weighted by Gasteiger charge is -2.44. The van der Waals surface area contributed by atoms with Gasteiger partial charge >= 0.3 is 0 Å². The predicted molar refractivity (Wildman–Crippen MR) is 69.9 cm³/mol. The second-order valence-corrected chi connectivity index (χ2v) is 6.55. The van der Waals surface area contributed by atoms with E-state index in [4.69, 9.17) is 0 Å². The predicted octanol–water partition coefficient (Wildman–Crippen LogP) is 2.17. The number of allylic oxidation sites excluding steroid dienone is 1. The summed E-state index contributed by atoms with van der Waals surface area (Å²) in [6, 6.07) is 2.60. The normalized spacial score (nSPS) is 42.5. The van der Waals surface area contributed by atoms with Crippen LogP contribution in [0, 0.1) is 11.8 Å². The molecule has 2 heteroatoms. The number of piperidine rings is 1. The van der Waals surface area contributed by atoms with Gasteiger partial charge in [-0.1, -0.05) is 12.2 Å². The molecule has 1 heterocycles. The van der Waals surface area contributed by atoms with E-state index in [0.717, 1.165) is 30.0 Å². The van der Waals surface area contributed by atoms with Gasteiger partial charge in [-0.25, -0.2) is 0 Å². The van der Waals surface area contributed by atoms with Crippen molar-refractivity contribution in [1.82, 2.24) is 10.2 Å². The van der Waals surface area contributed by atoms with Gasteiger partial charge in [-0.3, -0.25) is 0 Å². The van der Waals surface area contributed by atoms with Crippen LogP contribution < -0.4 is 5.32 Å². The zero-order valence-corrected chi connectivity index (χ0v) is 10.6. The second-order valence-electron chi connectivity index (χ2n) is 6.55. The molecule has 2 nitrogen and oxygen atoms in total. The summed E-state index contributed by atoms with van der Waals surface area (Å²) >= 11 is 0. The summed E-state index contributed by atoms with van der Waals surface area (Å²) in [5, 5.41) is 3.93. The summed E-state index contributed by atoms with van der Waals surface area (Å²) in [5.41, 5.74) is 0. The Hall–Kier alpha value is -0.340. The summed E-state index contributed by atoms with van der Waals surface area (Å²) in [7, 11) is 0. The fourth-order valence-electron chi connectivity index (χ4n) is 4.08. The summed E-state index contributed by atoms with van der Waals surface area (Å²) < 4.78 is 0. The Morgan fingerprint density at radius 1 is 1.06 bits per heavy atom. The number of likely N-dealkylation sites (tertiary alicyclic amines) is 1. The molecule has 3 fully saturated rings. The van der Waals surface area contributed by atoms with Gasteiger partial charge in [0.15, 0.2) is 0 Å². The maximum Gasteiger partial charge on any atom is 0.0138 e. The van der Waals surface area contributed by atoms with Crippen LogP contribution in [0.1, 0.15) is 38.5 Å². The second kappa shape index (κ2) is 4.10. The largest absolute Gasteiger partial charge is 0.311 e. The summed E-state index contributed by atoms with van der Waals surface area (Å²) in [6.07, 6.45) is 13.3. The van der Waals surface area contributed by atoms with E-state index in [1.54, 1.807) is 0 Å². The Bertz CT molecular complexity index is 313. The molecule has 0 amide bonds. The van der Waals surface area contributed by atoms with E-state index in [2.05, 4.69) is 22.4 Å². The molecular formula is C15H24N2.